The van der Waals surface area contributed by atoms with E-state index in [9.17, 15) is 4.39 Å². The zero-order valence-corrected chi connectivity index (χ0v) is 12.1. The Bertz CT molecular complexity index is 390. The molecule has 0 aromatic heterocycles. The third kappa shape index (κ3) is 3.30. The smallest absolute Gasteiger partial charge is 0.126 e. The number of hydrogen-bond acceptors (Lipinski definition) is 2. The van der Waals surface area contributed by atoms with Crippen molar-refractivity contribution in [2.45, 2.75) is 39.8 Å². The van der Waals surface area contributed by atoms with Gasteiger partial charge < -0.3 is 5.73 Å². The highest BCUT2D eigenvalue weighted by Crippen LogP contribution is 2.24. The second-order valence-corrected chi connectivity index (χ2v) is 5.41. The third-order valence-corrected chi connectivity index (χ3v) is 3.89. The van der Waals surface area contributed by atoms with Gasteiger partial charge in [0.1, 0.15) is 5.82 Å². The highest BCUT2D eigenvalue weighted by Gasteiger charge is 2.22. The lowest BCUT2D eigenvalue weighted by Crippen LogP contribution is -2.39. The number of nitrogens with zero attached hydrogens (tertiary/aromatic N) is 1. The molecule has 0 spiro atoms. The Morgan fingerprint density at radius 3 is 2.33 bits per heavy atom. The fraction of sp³-hybridized carbons (Fsp3) is 0.600. The molecule has 1 aromatic rings. The number of nitrogens with two attached hydrogens (primary N) is 1. The van der Waals surface area contributed by atoms with E-state index in [0.29, 0.717) is 24.1 Å². The maximum Gasteiger partial charge on any atom is 0.126 e. The molecule has 0 saturated heterocycles. The fourth-order valence-corrected chi connectivity index (χ4v) is 2.17. The molecule has 0 fully saturated rings. The Morgan fingerprint density at radius 2 is 1.89 bits per heavy atom. The average Bonchev–Trinajstić information content (AvgIpc) is 2.33. The molecule has 0 aliphatic heterocycles. The van der Waals surface area contributed by atoms with Crippen LogP contribution < -0.4 is 5.73 Å². The molecular weight excluding hydrogens is 227 g/mol. The van der Waals surface area contributed by atoms with Crippen LogP contribution in [0.3, 0.4) is 0 Å². The molecule has 102 valence electrons. The molecule has 1 aromatic carbocycles. The van der Waals surface area contributed by atoms with E-state index in [1.807, 2.05) is 12.1 Å². The van der Waals surface area contributed by atoms with Gasteiger partial charge in [-0.05, 0) is 44.0 Å². The summed E-state index contributed by atoms with van der Waals surface area (Å²) in [6.07, 6.45) is 0. The van der Waals surface area contributed by atoms with Crippen molar-refractivity contribution in [3.63, 3.8) is 0 Å². The number of benzene rings is 1. The predicted molar refractivity (Wildman–Crippen MR) is 75.0 cm³/mol. The monoisotopic (exact) mass is 252 g/mol. The van der Waals surface area contributed by atoms with E-state index in [2.05, 4.69) is 32.7 Å². The van der Waals surface area contributed by atoms with E-state index >= 15 is 0 Å². The molecule has 2 atom stereocenters. The Kier molecular flexibility index (Phi) is 5.29. The molecule has 0 heterocycles. The van der Waals surface area contributed by atoms with Crippen LogP contribution in [0.5, 0.6) is 0 Å². The summed E-state index contributed by atoms with van der Waals surface area (Å²) in [6, 6.07) is 5.84. The molecule has 0 aliphatic rings. The van der Waals surface area contributed by atoms with Crippen molar-refractivity contribution in [2.24, 2.45) is 11.7 Å². The van der Waals surface area contributed by atoms with E-state index in [1.165, 1.54) is 6.07 Å². The molecule has 0 radical (unpaired) electrons. The molecule has 18 heavy (non-hydrogen) atoms. The van der Waals surface area contributed by atoms with Gasteiger partial charge in [0, 0.05) is 18.6 Å². The van der Waals surface area contributed by atoms with E-state index in [0.717, 1.165) is 5.56 Å². The first-order valence-corrected chi connectivity index (χ1v) is 6.56. The van der Waals surface area contributed by atoms with Crippen molar-refractivity contribution in [1.29, 1.82) is 0 Å². The minimum absolute atomic E-state index is 0.140. The van der Waals surface area contributed by atoms with E-state index in [1.54, 1.807) is 6.92 Å². The van der Waals surface area contributed by atoms with Crippen LogP contribution in [0.2, 0.25) is 0 Å². The highest BCUT2D eigenvalue weighted by atomic mass is 19.1. The molecular formula is C15H25FN2. The van der Waals surface area contributed by atoms with Crippen LogP contribution in [-0.4, -0.2) is 24.5 Å². The van der Waals surface area contributed by atoms with E-state index in [-0.39, 0.29) is 11.9 Å². The SMILES string of the molecule is Cc1cc(C(CN)N(C)C(C)C(C)C)ccc1F. The van der Waals surface area contributed by atoms with Crippen LogP contribution in [-0.2, 0) is 0 Å². The van der Waals surface area contributed by atoms with Crippen molar-refractivity contribution in [1.82, 2.24) is 4.90 Å². The van der Waals surface area contributed by atoms with Crippen molar-refractivity contribution in [2.75, 3.05) is 13.6 Å². The molecule has 0 amide bonds. The largest absolute Gasteiger partial charge is 0.329 e. The van der Waals surface area contributed by atoms with Crippen molar-refractivity contribution < 1.29 is 4.39 Å². The molecule has 0 aliphatic carbocycles. The number of rotatable bonds is 5. The first kappa shape index (κ1) is 15.1. The summed E-state index contributed by atoms with van der Waals surface area (Å²) in [7, 11) is 2.08. The molecule has 0 saturated carbocycles. The Morgan fingerprint density at radius 1 is 1.28 bits per heavy atom. The normalized spacial score (nSPS) is 15.2. The Balaban J connectivity index is 2.98. The summed E-state index contributed by atoms with van der Waals surface area (Å²) in [5.74, 6) is 0.402. The van der Waals surface area contributed by atoms with Gasteiger partial charge in [0.15, 0.2) is 0 Å². The van der Waals surface area contributed by atoms with Crippen LogP contribution in [0.4, 0.5) is 4.39 Å². The van der Waals surface area contributed by atoms with Gasteiger partial charge in [0.05, 0.1) is 0 Å². The fourth-order valence-electron chi connectivity index (χ4n) is 2.17. The zero-order chi connectivity index (χ0) is 13.9. The minimum Gasteiger partial charge on any atom is -0.329 e. The number of halogens is 1. The van der Waals surface area contributed by atoms with Gasteiger partial charge in [-0.1, -0.05) is 26.0 Å². The standard InChI is InChI=1S/C15H25FN2/c1-10(2)12(4)18(5)15(9-17)13-6-7-14(16)11(3)8-13/h6-8,10,12,15H,9,17H2,1-5H3. The van der Waals surface area contributed by atoms with Crippen LogP contribution >= 0.6 is 0 Å². The summed E-state index contributed by atoms with van der Waals surface area (Å²) in [4.78, 5) is 2.28. The molecule has 3 heteroatoms. The van der Waals surface area contributed by atoms with Crippen LogP contribution in [0.25, 0.3) is 0 Å². The number of hydrogen-bond donors (Lipinski definition) is 1. The van der Waals surface area contributed by atoms with Crippen molar-refractivity contribution >= 4 is 0 Å². The van der Waals surface area contributed by atoms with Crippen molar-refractivity contribution in [3.8, 4) is 0 Å². The van der Waals surface area contributed by atoms with Gasteiger partial charge in [-0.15, -0.1) is 0 Å². The summed E-state index contributed by atoms with van der Waals surface area (Å²) in [5.41, 5.74) is 7.66. The average molecular weight is 252 g/mol. The lowest BCUT2D eigenvalue weighted by atomic mass is 9.98. The summed E-state index contributed by atoms with van der Waals surface area (Å²) in [6.45, 7) is 8.93. The Labute approximate surface area is 110 Å². The van der Waals surface area contributed by atoms with Crippen LogP contribution in [0.1, 0.15) is 37.9 Å². The van der Waals surface area contributed by atoms with E-state index < -0.39 is 0 Å². The first-order valence-electron chi connectivity index (χ1n) is 6.56. The second kappa shape index (κ2) is 6.30. The summed E-state index contributed by atoms with van der Waals surface area (Å²) < 4.78 is 13.3. The van der Waals surface area contributed by atoms with Gasteiger partial charge in [-0.25, -0.2) is 4.39 Å². The van der Waals surface area contributed by atoms with Gasteiger partial charge >= 0.3 is 0 Å². The molecule has 0 bridgehead atoms. The number of likely N-dealkylation sites (N-methyl/N-ethyl adjacent to an activating group) is 1. The second-order valence-electron chi connectivity index (χ2n) is 5.41. The van der Waals surface area contributed by atoms with Crippen molar-refractivity contribution in [3.05, 3.63) is 35.1 Å². The lowest BCUT2D eigenvalue weighted by molar-refractivity contribution is 0.152. The minimum atomic E-state index is -0.158. The third-order valence-electron chi connectivity index (χ3n) is 3.89. The quantitative estimate of drug-likeness (QED) is 0.872. The van der Waals surface area contributed by atoms with E-state index in [4.69, 9.17) is 5.73 Å². The summed E-state index contributed by atoms with van der Waals surface area (Å²) >= 11 is 0. The first-order chi connectivity index (χ1) is 8.38. The van der Waals surface area contributed by atoms with Gasteiger partial charge in [0.2, 0.25) is 0 Å². The molecule has 2 unspecified atom stereocenters. The zero-order valence-electron chi connectivity index (χ0n) is 12.1. The lowest BCUT2D eigenvalue weighted by Gasteiger charge is -2.35. The summed E-state index contributed by atoms with van der Waals surface area (Å²) in [5, 5.41) is 0. The molecule has 2 nitrogen and oxygen atoms in total. The maximum atomic E-state index is 13.3. The van der Waals surface area contributed by atoms with Crippen LogP contribution in [0.15, 0.2) is 18.2 Å². The topological polar surface area (TPSA) is 29.3 Å². The van der Waals surface area contributed by atoms with Gasteiger partial charge in [0.25, 0.3) is 0 Å². The predicted octanol–water partition coefficient (Wildman–Crippen LogP) is 3.11. The van der Waals surface area contributed by atoms with Crippen LogP contribution in [0, 0.1) is 18.7 Å². The highest BCUT2D eigenvalue weighted by molar-refractivity contribution is 5.27. The maximum absolute atomic E-state index is 13.3. The van der Waals surface area contributed by atoms with Gasteiger partial charge in [-0.3, -0.25) is 4.90 Å². The molecule has 1 rings (SSSR count). The van der Waals surface area contributed by atoms with Gasteiger partial charge in [-0.2, -0.15) is 0 Å². The number of aryl methyl sites for hydroxylation is 1. The Hall–Kier alpha value is -0.930. The molecule has 2 N–H and O–H groups in total.